The lowest BCUT2D eigenvalue weighted by atomic mass is 10.1. The summed E-state index contributed by atoms with van der Waals surface area (Å²) in [6, 6.07) is 9.35. The number of nitrogen functional groups attached to an aromatic ring is 1. The number of hydrogen-bond acceptors (Lipinski definition) is 7. The van der Waals surface area contributed by atoms with Crippen molar-refractivity contribution in [3.05, 3.63) is 64.9 Å². The van der Waals surface area contributed by atoms with Gasteiger partial charge in [-0.05, 0) is 30.3 Å². The normalized spacial score (nSPS) is 11.1. The van der Waals surface area contributed by atoms with Crippen LogP contribution in [0.15, 0.2) is 48.8 Å². The van der Waals surface area contributed by atoms with Crippen LogP contribution in [0.3, 0.4) is 0 Å². The molecule has 3 rings (SSSR count). The van der Waals surface area contributed by atoms with E-state index in [1.165, 1.54) is 7.11 Å². The first-order chi connectivity index (χ1) is 14.2. The predicted molar refractivity (Wildman–Crippen MR) is 107 cm³/mol. The van der Waals surface area contributed by atoms with Crippen LogP contribution in [0.5, 0.6) is 0 Å². The molecular formula is C19H15ClF3N5O2. The first-order valence-electron chi connectivity index (χ1n) is 8.39. The van der Waals surface area contributed by atoms with Crippen molar-refractivity contribution in [3.8, 4) is 0 Å². The topological polar surface area (TPSA) is 102 Å². The van der Waals surface area contributed by atoms with Crippen molar-refractivity contribution in [2.24, 2.45) is 0 Å². The summed E-state index contributed by atoms with van der Waals surface area (Å²) < 4.78 is 43.7. The average molecular weight is 438 g/mol. The Kier molecular flexibility index (Phi) is 5.97. The van der Waals surface area contributed by atoms with Crippen molar-refractivity contribution in [1.29, 1.82) is 0 Å². The highest BCUT2D eigenvalue weighted by molar-refractivity contribution is 6.33. The summed E-state index contributed by atoms with van der Waals surface area (Å²) in [6.45, 7) is 0. The van der Waals surface area contributed by atoms with Crippen LogP contribution < -0.4 is 16.4 Å². The number of carbonyl (C=O) groups is 1. The Balaban J connectivity index is 1.93. The quantitative estimate of drug-likeness (QED) is 0.482. The van der Waals surface area contributed by atoms with Gasteiger partial charge in [0, 0.05) is 0 Å². The summed E-state index contributed by atoms with van der Waals surface area (Å²) in [5, 5.41) is 5.64. The van der Waals surface area contributed by atoms with Crippen molar-refractivity contribution in [1.82, 2.24) is 9.97 Å². The molecule has 0 spiro atoms. The van der Waals surface area contributed by atoms with Gasteiger partial charge in [-0.1, -0.05) is 23.7 Å². The maximum Gasteiger partial charge on any atom is 0.416 e. The van der Waals surface area contributed by atoms with E-state index in [4.69, 9.17) is 22.1 Å². The van der Waals surface area contributed by atoms with Crippen LogP contribution in [-0.4, -0.2) is 23.0 Å². The fourth-order valence-electron chi connectivity index (χ4n) is 2.53. The van der Waals surface area contributed by atoms with Gasteiger partial charge in [0.2, 0.25) is 0 Å². The van der Waals surface area contributed by atoms with Gasteiger partial charge in [-0.15, -0.1) is 0 Å². The lowest BCUT2D eigenvalue weighted by Crippen LogP contribution is -2.09. The van der Waals surface area contributed by atoms with Crippen LogP contribution in [0.2, 0.25) is 5.02 Å². The first kappa shape index (κ1) is 21.2. The molecule has 1 aromatic heterocycles. The molecule has 0 saturated heterocycles. The number of carbonyl (C=O) groups excluding carboxylic acids is 1. The molecule has 1 heterocycles. The molecule has 0 unspecified atom stereocenters. The van der Waals surface area contributed by atoms with E-state index in [1.54, 1.807) is 24.3 Å². The third kappa shape index (κ3) is 4.54. The number of hydrogen-bond donors (Lipinski definition) is 3. The van der Waals surface area contributed by atoms with E-state index < -0.39 is 17.7 Å². The summed E-state index contributed by atoms with van der Waals surface area (Å²) in [5.41, 5.74) is 5.79. The molecule has 0 aliphatic carbocycles. The number of alkyl halides is 3. The number of nitrogens with zero attached hydrogens (tertiary/aromatic N) is 2. The van der Waals surface area contributed by atoms with Gasteiger partial charge >= 0.3 is 12.1 Å². The van der Waals surface area contributed by atoms with Gasteiger partial charge in [0.1, 0.15) is 12.0 Å². The van der Waals surface area contributed by atoms with Crippen LogP contribution in [-0.2, 0) is 10.9 Å². The highest BCUT2D eigenvalue weighted by atomic mass is 35.5. The number of esters is 1. The zero-order valence-electron chi connectivity index (χ0n) is 15.4. The molecule has 30 heavy (non-hydrogen) atoms. The van der Waals surface area contributed by atoms with Crippen LogP contribution in [0.4, 0.5) is 41.9 Å². The number of aromatic nitrogens is 2. The molecule has 0 fully saturated rings. The minimum atomic E-state index is -4.54. The second-order valence-electron chi connectivity index (χ2n) is 5.96. The molecule has 0 aliphatic heterocycles. The van der Waals surface area contributed by atoms with E-state index in [0.717, 1.165) is 24.5 Å². The molecule has 156 valence electrons. The molecular weight excluding hydrogens is 423 g/mol. The summed E-state index contributed by atoms with van der Waals surface area (Å²) in [5.74, 6) is -0.406. The van der Waals surface area contributed by atoms with E-state index in [9.17, 15) is 18.0 Å². The maximum atomic E-state index is 13.0. The van der Waals surface area contributed by atoms with Crippen molar-refractivity contribution < 1.29 is 22.7 Å². The number of ether oxygens (including phenoxy) is 1. The van der Waals surface area contributed by atoms with Gasteiger partial charge in [-0.25, -0.2) is 14.8 Å². The molecule has 2 aromatic carbocycles. The number of halogens is 4. The Morgan fingerprint density at radius 3 is 2.33 bits per heavy atom. The minimum Gasteiger partial charge on any atom is -0.465 e. The van der Waals surface area contributed by atoms with Gasteiger partial charge in [0.15, 0.2) is 11.6 Å². The van der Waals surface area contributed by atoms with E-state index in [1.807, 2.05) is 0 Å². The Hall–Kier alpha value is -3.53. The predicted octanol–water partition coefficient (Wildman–Crippen LogP) is 5.00. The number of rotatable bonds is 5. The number of nitrogens with two attached hydrogens (primary N) is 1. The van der Waals surface area contributed by atoms with Crippen LogP contribution in [0.1, 0.15) is 15.9 Å². The van der Waals surface area contributed by atoms with Crippen molar-refractivity contribution >= 4 is 46.3 Å². The number of para-hydroxylation sites is 1. The molecule has 11 heteroatoms. The Bertz CT molecular complexity index is 1090. The summed E-state index contributed by atoms with van der Waals surface area (Å²) in [7, 11) is 1.25. The summed E-state index contributed by atoms with van der Waals surface area (Å²) in [6.07, 6.45) is -3.38. The first-order valence-corrected chi connectivity index (χ1v) is 8.77. The molecule has 0 radical (unpaired) electrons. The van der Waals surface area contributed by atoms with Gasteiger partial charge in [-0.3, -0.25) is 0 Å². The highest BCUT2D eigenvalue weighted by Crippen LogP contribution is 2.36. The van der Waals surface area contributed by atoms with Crippen LogP contribution in [0, 0.1) is 0 Å². The lowest BCUT2D eigenvalue weighted by Gasteiger charge is -2.15. The zero-order valence-corrected chi connectivity index (χ0v) is 16.2. The monoisotopic (exact) mass is 437 g/mol. The second kappa shape index (κ2) is 8.46. The highest BCUT2D eigenvalue weighted by Gasteiger charge is 2.31. The third-order valence-corrected chi connectivity index (χ3v) is 4.35. The Morgan fingerprint density at radius 2 is 1.70 bits per heavy atom. The van der Waals surface area contributed by atoms with Crippen molar-refractivity contribution in [2.45, 2.75) is 6.18 Å². The number of methoxy groups -OCH3 is 1. The Morgan fingerprint density at radius 1 is 1.07 bits per heavy atom. The molecule has 7 nitrogen and oxygen atoms in total. The Labute approximate surface area is 174 Å². The second-order valence-corrected chi connectivity index (χ2v) is 6.37. The fraction of sp³-hybridized carbons (Fsp3) is 0.105. The van der Waals surface area contributed by atoms with Gasteiger partial charge in [0.05, 0.1) is 34.6 Å². The van der Waals surface area contributed by atoms with E-state index in [2.05, 4.69) is 20.6 Å². The molecule has 4 N–H and O–H groups in total. The number of anilines is 5. The molecule has 0 atom stereocenters. The largest absolute Gasteiger partial charge is 0.465 e. The van der Waals surface area contributed by atoms with E-state index in [-0.39, 0.29) is 33.6 Å². The van der Waals surface area contributed by atoms with Gasteiger partial charge in [0.25, 0.3) is 0 Å². The molecule has 0 amide bonds. The van der Waals surface area contributed by atoms with Crippen LogP contribution >= 0.6 is 11.6 Å². The molecule has 3 aromatic rings. The molecule has 0 saturated carbocycles. The fourth-order valence-corrected chi connectivity index (χ4v) is 2.69. The summed E-state index contributed by atoms with van der Waals surface area (Å²) >= 11 is 6.01. The minimum absolute atomic E-state index is 0.00523. The molecule has 0 aliphatic rings. The average Bonchev–Trinajstić information content (AvgIpc) is 2.71. The molecule has 0 bridgehead atoms. The van der Waals surface area contributed by atoms with Gasteiger partial charge < -0.3 is 21.1 Å². The SMILES string of the molecule is COC(=O)c1ccccc1Nc1ncnc(Nc2cc(C(F)(F)F)ccc2Cl)c1N. The third-order valence-electron chi connectivity index (χ3n) is 4.02. The van der Waals surface area contributed by atoms with Crippen LogP contribution in [0.25, 0.3) is 0 Å². The maximum absolute atomic E-state index is 13.0. The van der Waals surface area contributed by atoms with E-state index in [0.29, 0.717) is 5.69 Å². The van der Waals surface area contributed by atoms with Crippen molar-refractivity contribution in [3.63, 3.8) is 0 Å². The smallest absolute Gasteiger partial charge is 0.416 e. The summed E-state index contributed by atoms with van der Waals surface area (Å²) in [4.78, 5) is 19.9. The number of nitrogens with one attached hydrogen (secondary N) is 2. The van der Waals surface area contributed by atoms with E-state index >= 15 is 0 Å². The number of benzene rings is 2. The standard InChI is InChI=1S/C19H15ClF3N5O2/c1-30-18(29)11-4-2-3-5-13(11)27-16-15(24)17(26-9-25-16)28-14-8-10(19(21,22)23)6-7-12(14)20/h2-9H,24H2,1H3,(H2,25,26,27,28). The lowest BCUT2D eigenvalue weighted by molar-refractivity contribution is -0.137. The van der Waals surface area contributed by atoms with Crippen molar-refractivity contribution in [2.75, 3.05) is 23.5 Å². The van der Waals surface area contributed by atoms with Gasteiger partial charge in [-0.2, -0.15) is 13.2 Å². The zero-order chi connectivity index (χ0) is 21.9.